The van der Waals surface area contributed by atoms with Crippen molar-refractivity contribution in [3.8, 4) is 0 Å². The normalized spacial score (nSPS) is 26.1. The molecule has 7 nitrogen and oxygen atoms in total. The van der Waals surface area contributed by atoms with Crippen molar-refractivity contribution in [2.75, 3.05) is 6.54 Å². The lowest BCUT2D eigenvalue weighted by Crippen LogP contribution is -2.43. The Balaban J connectivity index is 1.70. The lowest BCUT2D eigenvalue weighted by atomic mass is 9.94. The van der Waals surface area contributed by atoms with Gasteiger partial charge in [-0.05, 0) is 37.7 Å². The van der Waals surface area contributed by atoms with Gasteiger partial charge in [-0.2, -0.15) is 5.10 Å². The highest BCUT2D eigenvalue weighted by Crippen LogP contribution is 2.42. The van der Waals surface area contributed by atoms with Crippen molar-refractivity contribution in [3.63, 3.8) is 0 Å². The first-order chi connectivity index (χ1) is 11.5. The van der Waals surface area contributed by atoms with Crippen molar-refractivity contribution in [1.29, 1.82) is 0 Å². The molecule has 1 aliphatic carbocycles. The van der Waals surface area contributed by atoms with Gasteiger partial charge in [0.05, 0.1) is 11.3 Å². The fourth-order valence-electron chi connectivity index (χ4n) is 4.42. The quantitative estimate of drug-likeness (QED) is 0.904. The lowest BCUT2D eigenvalue weighted by Gasteiger charge is -2.24. The number of aromatic nitrogens is 3. The molecule has 2 aliphatic rings. The van der Waals surface area contributed by atoms with Crippen LogP contribution in [0.2, 0.25) is 0 Å². The molecule has 1 saturated carbocycles. The number of aryl methyl sites for hydroxylation is 2. The van der Waals surface area contributed by atoms with E-state index in [1.165, 1.54) is 11.1 Å². The number of hydrogen-bond acceptors (Lipinski definition) is 4. The van der Waals surface area contributed by atoms with Gasteiger partial charge in [-0.3, -0.25) is 9.48 Å². The molecule has 0 aromatic carbocycles. The Hall–Kier alpha value is -2.44. The van der Waals surface area contributed by atoms with E-state index in [2.05, 4.69) is 10.1 Å². The summed E-state index contributed by atoms with van der Waals surface area (Å²) in [5, 5.41) is 14.8. The minimum absolute atomic E-state index is 0.0864. The molecule has 0 radical (unpaired) electrons. The minimum Gasteiger partial charge on any atom is -0.480 e. The van der Waals surface area contributed by atoms with Crippen molar-refractivity contribution in [3.05, 3.63) is 23.5 Å². The number of fused-ring (bicyclic) bond motifs is 2. The zero-order chi connectivity index (χ0) is 17.0. The van der Waals surface area contributed by atoms with Crippen LogP contribution in [-0.2, 0) is 11.8 Å². The second-order valence-electron chi connectivity index (χ2n) is 6.90. The number of carboxylic acid groups (broad SMARTS) is 1. The number of rotatable bonds is 2. The predicted molar refractivity (Wildman–Crippen MR) is 86.5 cm³/mol. The Labute approximate surface area is 139 Å². The summed E-state index contributed by atoms with van der Waals surface area (Å²) in [6.07, 6.45) is 4.49. The van der Waals surface area contributed by atoms with Crippen molar-refractivity contribution in [1.82, 2.24) is 19.7 Å². The Bertz CT molecular complexity index is 844. The van der Waals surface area contributed by atoms with Crippen molar-refractivity contribution >= 4 is 22.9 Å². The van der Waals surface area contributed by atoms with Gasteiger partial charge in [0, 0.05) is 25.2 Å². The van der Waals surface area contributed by atoms with Crippen LogP contribution >= 0.6 is 0 Å². The van der Waals surface area contributed by atoms with Crippen LogP contribution in [-0.4, -0.2) is 49.2 Å². The van der Waals surface area contributed by atoms with Crippen LogP contribution in [0.1, 0.15) is 35.3 Å². The van der Waals surface area contributed by atoms with Crippen LogP contribution in [0.3, 0.4) is 0 Å². The van der Waals surface area contributed by atoms with Crippen LogP contribution in [0.4, 0.5) is 0 Å². The molecule has 1 saturated heterocycles. The summed E-state index contributed by atoms with van der Waals surface area (Å²) >= 11 is 0. The summed E-state index contributed by atoms with van der Waals surface area (Å²) in [6, 6.07) is 1.07. The van der Waals surface area contributed by atoms with Gasteiger partial charge >= 0.3 is 5.97 Å². The molecule has 2 aromatic heterocycles. The molecule has 4 rings (SSSR count). The largest absolute Gasteiger partial charge is 0.480 e. The molecule has 3 unspecified atom stereocenters. The van der Waals surface area contributed by atoms with Crippen molar-refractivity contribution in [2.45, 2.75) is 32.2 Å². The molecule has 3 atom stereocenters. The summed E-state index contributed by atoms with van der Waals surface area (Å²) in [7, 11) is 1.81. The number of aliphatic carboxylic acids is 1. The molecule has 0 bridgehead atoms. The zero-order valence-corrected chi connectivity index (χ0v) is 13.8. The van der Waals surface area contributed by atoms with Crippen LogP contribution in [0.25, 0.3) is 11.0 Å². The predicted octanol–water partition coefficient (Wildman–Crippen LogP) is 1.60. The number of likely N-dealkylation sites (tertiary alicyclic amines) is 1. The molecule has 24 heavy (non-hydrogen) atoms. The van der Waals surface area contributed by atoms with Gasteiger partial charge in [-0.1, -0.05) is 6.42 Å². The Morgan fingerprint density at radius 2 is 2.12 bits per heavy atom. The summed E-state index contributed by atoms with van der Waals surface area (Å²) < 4.78 is 1.68. The minimum atomic E-state index is -0.899. The van der Waals surface area contributed by atoms with E-state index in [0.29, 0.717) is 18.0 Å². The molecule has 2 aromatic rings. The van der Waals surface area contributed by atoms with Gasteiger partial charge < -0.3 is 10.0 Å². The summed E-state index contributed by atoms with van der Waals surface area (Å²) in [6.45, 7) is 2.41. The number of carbonyl (C=O) groups is 2. The molecule has 3 heterocycles. The van der Waals surface area contributed by atoms with Crippen LogP contribution in [0.15, 0.2) is 12.3 Å². The van der Waals surface area contributed by atoms with Gasteiger partial charge in [0.25, 0.3) is 5.91 Å². The molecule has 1 amide bonds. The molecular weight excluding hydrogens is 308 g/mol. The smallest absolute Gasteiger partial charge is 0.326 e. The van der Waals surface area contributed by atoms with E-state index in [1.54, 1.807) is 10.7 Å². The first kappa shape index (κ1) is 15.1. The maximum absolute atomic E-state index is 13.0. The van der Waals surface area contributed by atoms with Gasteiger partial charge in [0.1, 0.15) is 6.04 Å². The number of pyridine rings is 1. The topological polar surface area (TPSA) is 88.3 Å². The fourth-order valence-corrected chi connectivity index (χ4v) is 4.42. The highest BCUT2D eigenvalue weighted by Gasteiger charge is 2.49. The van der Waals surface area contributed by atoms with Crippen molar-refractivity contribution < 1.29 is 14.7 Å². The first-order valence-electron chi connectivity index (χ1n) is 8.30. The van der Waals surface area contributed by atoms with Crippen LogP contribution < -0.4 is 0 Å². The third-order valence-corrected chi connectivity index (χ3v) is 5.51. The zero-order valence-electron chi connectivity index (χ0n) is 13.8. The third kappa shape index (κ3) is 2.11. The van der Waals surface area contributed by atoms with Gasteiger partial charge in [-0.15, -0.1) is 0 Å². The second-order valence-corrected chi connectivity index (χ2v) is 6.90. The van der Waals surface area contributed by atoms with Crippen LogP contribution in [0.5, 0.6) is 0 Å². The molecule has 0 spiro atoms. The summed E-state index contributed by atoms with van der Waals surface area (Å²) in [5.74, 6) is -0.742. The Morgan fingerprint density at radius 3 is 2.88 bits per heavy atom. The van der Waals surface area contributed by atoms with E-state index < -0.39 is 12.0 Å². The number of amides is 1. The maximum Gasteiger partial charge on any atom is 0.326 e. The Morgan fingerprint density at radius 1 is 1.33 bits per heavy atom. The molecule has 2 fully saturated rings. The van der Waals surface area contributed by atoms with E-state index in [9.17, 15) is 14.7 Å². The second kappa shape index (κ2) is 5.29. The average molecular weight is 328 g/mol. The van der Waals surface area contributed by atoms with Gasteiger partial charge in [0.2, 0.25) is 0 Å². The maximum atomic E-state index is 13.0. The SMILES string of the molecule is Cc1nn(C)c2ncc(C(=O)N3CC4CCCC4C3C(=O)O)cc12. The monoisotopic (exact) mass is 328 g/mol. The Kier molecular flexibility index (Phi) is 3.33. The highest BCUT2D eigenvalue weighted by molar-refractivity contribution is 5.99. The van der Waals surface area contributed by atoms with E-state index in [1.807, 2.05) is 14.0 Å². The van der Waals surface area contributed by atoms with Crippen molar-refractivity contribution in [2.24, 2.45) is 18.9 Å². The number of nitrogens with zero attached hydrogens (tertiary/aromatic N) is 4. The lowest BCUT2D eigenvalue weighted by molar-refractivity contribution is -0.142. The molecular formula is C17H20N4O3. The molecule has 1 aliphatic heterocycles. The number of carboxylic acids is 1. The molecule has 7 heteroatoms. The van der Waals surface area contributed by atoms with Gasteiger partial charge in [0.15, 0.2) is 5.65 Å². The van der Waals surface area contributed by atoms with E-state index in [-0.39, 0.29) is 11.8 Å². The van der Waals surface area contributed by atoms with E-state index in [4.69, 9.17) is 0 Å². The summed E-state index contributed by atoms with van der Waals surface area (Å²) in [5.41, 5.74) is 1.96. The third-order valence-electron chi connectivity index (χ3n) is 5.51. The fraction of sp³-hybridized carbons (Fsp3) is 0.529. The van der Waals surface area contributed by atoms with E-state index in [0.717, 1.165) is 36.0 Å². The van der Waals surface area contributed by atoms with E-state index >= 15 is 0 Å². The first-order valence-corrected chi connectivity index (χ1v) is 8.30. The number of hydrogen-bond donors (Lipinski definition) is 1. The number of carbonyl (C=O) groups excluding carboxylic acids is 1. The van der Waals surface area contributed by atoms with Crippen LogP contribution in [0, 0.1) is 18.8 Å². The molecule has 1 N–H and O–H groups in total. The molecule has 126 valence electrons. The van der Waals surface area contributed by atoms with Gasteiger partial charge in [-0.25, -0.2) is 9.78 Å². The average Bonchev–Trinajstić information content (AvgIpc) is 3.19. The standard InChI is InChI=1S/C17H20N4O3/c1-9-13-6-11(7-18-15(13)20(2)19-9)16(22)21-8-10-4-3-5-12(10)14(21)17(23)24/h6-7,10,12,14H,3-5,8H2,1-2H3,(H,23,24). The summed E-state index contributed by atoms with van der Waals surface area (Å²) in [4.78, 5) is 30.6. The highest BCUT2D eigenvalue weighted by atomic mass is 16.4.